The molecule has 0 saturated heterocycles. The van der Waals surface area contributed by atoms with Gasteiger partial charge in [-0.15, -0.1) is 17.5 Å². The number of carbonyl (C=O) groups excluding carboxylic acids is 1. The molecular weight excluding hydrogens is 364 g/mol. The quantitative estimate of drug-likeness (QED) is 0.704. The number of hydrogen-bond donors (Lipinski definition) is 2. The third kappa shape index (κ3) is 3.84. The Kier molecular flexibility index (Phi) is 5.25. The topological polar surface area (TPSA) is 98.7 Å². The maximum atomic E-state index is 12.7. The lowest BCUT2D eigenvalue weighted by molar-refractivity contribution is -0.120. The summed E-state index contributed by atoms with van der Waals surface area (Å²) in [7, 11) is 0. The van der Waals surface area contributed by atoms with Crippen molar-refractivity contribution in [2.45, 2.75) is 31.3 Å². The van der Waals surface area contributed by atoms with Crippen LogP contribution in [0.1, 0.15) is 31.4 Å². The standard InChI is InChI=1S/C19H20N6O.ClH/c1-19(20,14-7-3-2-4-8-14)18(26)21-15-9-5-6-13(12-15)17-22-23-24-25(17)16-10-11-16;/h2-9,12,16H,10-11,20H2,1H3,(H,21,26);1H. The highest BCUT2D eigenvalue weighted by atomic mass is 35.5. The van der Waals surface area contributed by atoms with Gasteiger partial charge >= 0.3 is 0 Å². The highest BCUT2D eigenvalue weighted by Gasteiger charge is 2.31. The van der Waals surface area contributed by atoms with Gasteiger partial charge in [-0.25, -0.2) is 4.68 Å². The van der Waals surface area contributed by atoms with Gasteiger partial charge in [0.05, 0.1) is 6.04 Å². The minimum absolute atomic E-state index is 0. The molecule has 4 rings (SSSR count). The molecule has 1 aliphatic carbocycles. The fourth-order valence-corrected chi connectivity index (χ4v) is 2.86. The van der Waals surface area contributed by atoms with Crippen molar-refractivity contribution in [2.24, 2.45) is 5.73 Å². The number of rotatable bonds is 5. The minimum Gasteiger partial charge on any atom is -0.324 e. The second-order valence-electron chi connectivity index (χ2n) is 6.78. The lowest BCUT2D eigenvalue weighted by atomic mass is 9.92. The highest BCUT2D eigenvalue weighted by molar-refractivity contribution is 5.98. The summed E-state index contributed by atoms with van der Waals surface area (Å²) in [6.07, 6.45) is 2.19. The first kappa shape index (κ1) is 19.0. The fourth-order valence-electron chi connectivity index (χ4n) is 2.86. The highest BCUT2D eigenvalue weighted by Crippen LogP contribution is 2.36. The molecule has 7 nitrogen and oxygen atoms in total. The molecule has 1 unspecified atom stereocenters. The van der Waals surface area contributed by atoms with Gasteiger partial charge in [0, 0.05) is 11.3 Å². The number of carbonyl (C=O) groups is 1. The van der Waals surface area contributed by atoms with Crippen LogP contribution in [0, 0.1) is 0 Å². The third-order valence-corrected chi connectivity index (χ3v) is 4.61. The number of amides is 1. The number of nitrogens with one attached hydrogen (secondary N) is 1. The molecule has 0 radical (unpaired) electrons. The van der Waals surface area contributed by atoms with Gasteiger partial charge in [0.2, 0.25) is 5.91 Å². The number of aromatic nitrogens is 4. The number of halogens is 1. The summed E-state index contributed by atoms with van der Waals surface area (Å²) < 4.78 is 1.85. The molecule has 1 saturated carbocycles. The van der Waals surface area contributed by atoms with E-state index >= 15 is 0 Å². The van der Waals surface area contributed by atoms with Crippen LogP contribution in [0.4, 0.5) is 5.69 Å². The van der Waals surface area contributed by atoms with E-state index in [9.17, 15) is 4.79 Å². The Bertz CT molecular complexity index is 936. The summed E-state index contributed by atoms with van der Waals surface area (Å²) in [6.45, 7) is 1.70. The molecule has 140 valence electrons. The van der Waals surface area contributed by atoms with E-state index in [2.05, 4.69) is 20.8 Å². The monoisotopic (exact) mass is 384 g/mol. The normalized spacial score (nSPS) is 15.5. The summed E-state index contributed by atoms with van der Waals surface area (Å²) in [6, 6.07) is 17.2. The van der Waals surface area contributed by atoms with Gasteiger partial charge in [0.25, 0.3) is 0 Å². The molecule has 1 aliphatic rings. The van der Waals surface area contributed by atoms with Crippen molar-refractivity contribution >= 4 is 24.0 Å². The molecule has 0 spiro atoms. The van der Waals surface area contributed by atoms with Gasteiger partial charge in [-0.3, -0.25) is 4.79 Å². The zero-order valence-corrected chi connectivity index (χ0v) is 15.7. The molecule has 2 aromatic carbocycles. The van der Waals surface area contributed by atoms with E-state index in [1.807, 2.05) is 59.3 Å². The van der Waals surface area contributed by atoms with Crippen LogP contribution < -0.4 is 11.1 Å². The van der Waals surface area contributed by atoms with Crippen molar-refractivity contribution in [1.29, 1.82) is 0 Å². The van der Waals surface area contributed by atoms with Crippen LogP contribution in [0.5, 0.6) is 0 Å². The first-order valence-corrected chi connectivity index (χ1v) is 8.60. The Balaban J connectivity index is 0.00000210. The zero-order valence-electron chi connectivity index (χ0n) is 14.9. The first-order valence-electron chi connectivity index (χ1n) is 8.60. The molecule has 0 aliphatic heterocycles. The number of hydrogen-bond acceptors (Lipinski definition) is 5. The van der Waals surface area contributed by atoms with Crippen LogP contribution in [0.3, 0.4) is 0 Å². The lowest BCUT2D eigenvalue weighted by Gasteiger charge is -2.24. The van der Waals surface area contributed by atoms with Crippen molar-refractivity contribution in [3.63, 3.8) is 0 Å². The molecule has 1 aromatic heterocycles. The number of nitrogens with zero attached hydrogens (tertiary/aromatic N) is 4. The molecule has 1 heterocycles. The second kappa shape index (κ2) is 7.46. The number of benzene rings is 2. The Hall–Kier alpha value is -2.77. The Morgan fingerprint density at radius 3 is 2.63 bits per heavy atom. The second-order valence-corrected chi connectivity index (χ2v) is 6.78. The van der Waals surface area contributed by atoms with Crippen LogP contribution in [-0.4, -0.2) is 26.1 Å². The van der Waals surface area contributed by atoms with E-state index in [4.69, 9.17) is 5.73 Å². The maximum Gasteiger partial charge on any atom is 0.248 e. The van der Waals surface area contributed by atoms with Gasteiger partial charge < -0.3 is 11.1 Å². The number of nitrogens with two attached hydrogens (primary N) is 1. The molecule has 3 N–H and O–H groups in total. The van der Waals surface area contributed by atoms with Crippen LogP contribution >= 0.6 is 12.4 Å². The number of anilines is 1. The Morgan fingerprint density at radius 2 is 1.93 bits per heavy atom. The Morgan fingerprint density at radius 1 is 1.19 bits per heavy atom. The van der Waals surface area contributed by atoms with Crippen molar-refractivity contribution in [1.82, 2.24) is 20.2 Å². The van der Waals surface area contributed by atoms with Crippen LogP contribution in [0.2, 0.25) is 0 Å². The third-order valence-electron chi connectivity index (χ3n) is 4.61. The SMILES string of the molecule is CC(N)(C(=O)Nc1cccc(-c2nnnn2C2CC2)c1)c1ccccc1.Cl. The largest absolute Gasteiger partial charge is 0.324 e. The molecule has 1 amide bonds. The van der Waals surface area contributed by atoms with Crippen molar-refractivity contribution in [3.05, 3.63) is 60.2 Å². The van der Waals surface area contributed by atoms with E-state index in [1.165, 1.54) is 0 Å². The predicted molar refractivity (Wildman–Crippen MR) is 105 cm³/mol. The van der Waals surface area contributed by atoms with Crippen molar-refractivity contribution < 1.29 is 4.79 Å². The molecule has 3 aromatic rings. The van der Waals surface area contributed by atoms with E-state index in [1.54, 1.807) is 6.92 Å². The van der Waals surface area contributed by atoms with Gasteiger partial charge in [-0.1, -0.05) is 42.5 Å². The molecule has 8 heteroatoms. The number of tetrazole rings is 1. The Labute approximate surface area is 163 Å². The molecule has 1 atom stereocenters. The summed E-state index contributed by atoms with van der Waals surface area (Å²) in [5.41, 5.74) is 7.43. The van der Waals surface area contributed by atoms with Gasteiger partial charge in [0.15, 0.2) is 5.82 Å². The zero-order chi connectivity index (χ0) is 18.1. The van der Waals surface area contributed by atoms with Gasteiger partial charge in [0.1, 0.15) is 5.54 Å². The summed E-state index contributed by atoms with van der Waals surface area (Å²) >= 11 is 0. The molecule has 27 heavy (non-hydrogen) atoms. The van der Waals surface area contributed by atoms with Crippen LogP contribution in [-0.2, 0) is 10.3 Å². The van der Waals surface area contributed by atoms with Crippen molar-refractivity contribution in [3.8, 4) is 11.4 Å². The van der Waals surface area contributed by atoms with E-state index in [-0.39, 0.29) is 18.3 Å². The molecule has 1 fully saturated rings. The van der Waals surface area contributed by atoms with E-state index in [0.717, 1.165) is 24.0 Å². The fraction of sp³-hybridized carbons (Fsp3) is 0.263. The lowest BCUT2D eigenvalue weighted by Crippen LogP contribution is -2.45. The van der Waals surface area contributed by atoms with E-state index in [0.29, 0.717) is 17.6 Å². The summed E-state index contributed by atoms with van der Waals surface area (Å²) in [5.74, 6) is 0.435. The minimum atomic E-state index is -1.13. The van der Waals surface area contributed by atoms with Crippen LogP contribution in [0.25, 0.3) is 11.4 Å². The van der Waals surface area contributed by atoms with Gasteiger partial charge in [-0.05, 0) is 47.9 Å². The summed E-state index contributed by atoms with van der Waals surface area (Å²) in [5, 5.41) is 14.9. The average molecular weight is 385 g/mol. The maximum absolute atomic E-state index is 12.7. The molecule has 0 bridgehead atoms. The smallest absolute Gasteiger partial charge is 0.248 e. The average Bonchev–Trinajstić information content (AvgIpc) is 3.39. The molecular formula is C19H21ClN6O. The van der Waals surface area contributed by atoms with E-state index < -0.39 is 5.54 Å². The van der Waals surface area contributed by atoms with Crippen LogP contribution in [0.15, 0.2) is 54.6 Å². The predicted octanol–water partition coefficient (Wildman–Crippen LogP) is 2.91. The van der Waals surface area contributed by atoms with Crippen molar-refractivity contribution in [2.75, 3.05) is 5.32 Å². The summed E-state index contributed by atoms with van der Waals surface area (Å²) in [4.78, 5) is 12.7. The van der Waals surface area contributed by atoms with Gasteiger partial charge in [-0.2, -0.15) is 0 Å². The first-order chi connectivity index (χ1) is 12.6.